The van der Waals surface area contributed by atoms with Crippen molar-refractivity contribution in [1.29, 1.82) is 0 Å². The van der Waals surface area contributed by atoms with Crippen molar-refractivity contribution < 1.29 is 0 Å². The number of hydrazine groups is 1. The van der Waals surface area contributed by atoms with Gasteiger partial charge in [0.15, 0.2) is 0 Å². The Morgan fingerprint density at radius 2 is 1.88 bits per heavy atom. The van der Waals surface area contributed by atoms with Crippen LogP contribution < -0.4 is 15.8 Å². The monoisotopic (exact) mass is 351 g/mol. The Balaban J connectivity index is 1.36. The molecule has 138 valence electrons. The van der Waals surface area contributed by atoms with Crippen molar-refractivity contribution in [2.45, 2.75) is 19.9 Å². The lowest BCUT2D eigenvalue weighted by molar-refractivity contribution is 0.214. The number of nitrogens with one attached hydrogen (secondary N) is 2. The van der Waals surface area contributed by atoms with E-state index in [-0.39, 0.29) is 0 Å². The largest absolute Gasteiger partial charge is 0.354 e. The molecule has 0 amide bonds. The molecule has 0 aliphatic carbocycles. The lowest BCUT2D eigenvalue weighted by Crippen LogP contribution is -2.48. The predicted octanol–water partition coefficient (Wildman–Crippen LogP) is 2.29. The van der Waals surface area contributed by atoms with Gasteiger partial charge in [0, 0.05) is 51.4 Å². The van der Waals surface area contributed by atoms with Crippen LogP contribution in [0.15, 0.2) is 42.6 Å². The van der Waals surface area contributed by atoms with Gasteiger partial charge in [0.05, 0.1) is 6.04 Å². The maximum Gasteiger partial charge on any atom is 0.128 e. The maximum absolute atomic E-state index is 4.49. The van der Waals surface area contributed by atoms with Crippen molar-refractivity contribution in [2.24, 2.45) is 5.92 Å². The Morgan fingerprint density at radius 3 is 2.62 bits per heavy atom. The smallest absolute Gasteiger partial charge is 0.128 e. The molecule has 2 unspecified atom stereocenters. The first-order chi connectivity index (χ1) is 12.7. The molecule has 2 aliphatic rings. The lowest BCUT2D eigenvalue weighted by Gasteiger charge is -2.37. The molecule has 0 spiro atoms. The highest BCUT2D eigenvalue weighted by Gasteiger charge is 2.31. The zero-order valence-corrected chi connectivity index (χ0v) is 15.8. The van der Waals surface area contributed by atoms with Crippen molar-refractivity contribution in [2.75, 3.05) is 44.2 Å². The highest BCUT2D eigenvalue weighted by atomic mass is 15.4. The van der Waals surface area contributed by atoms with Crippen LogP contribution in [0.25, 0.3) is 0 Å². The van der Waals surface area contributed by atoms with Crippen LogP contribution in [0.1, 0.15) is 22.7 Å². The summed E-state index contributed by atoms with van der Waals surface area (Å²) >= 11 is 0. The molecule has 2 aromatic rings. The molecule has 0 saturated carbocycles. The number of anilines is 1. The standard InChI is InChI=1S/C21H29N5/c1-16-6-7-18(13-17(16)2)21-19(14-23-24-21)15-25-9-11-26(12-10-25)20-5-3-4-8-22-20/h3-8,13,19,21,23-24H,9-12,14-15H2,1-2H3. The highest BCUT2D eigenvalue weighted by Crippen LogP contribution is 2.27. The van der Waals surface area contributed by atoms with E-state index in [1.165, 1.54) is 16.7 Å². The highest BCUT2D eigenvalue weighted by molar-refractivity contribution is 5.38. The summed E-state index contributed by atoms with van der Waals surface area (Å²) in [6, 6.07) is 13.4. The molecule has 5 heteroatoms. The van der Waals surface area contributed by atoms with Gasteiger partial charge in [-0.15, -0.1) is 0 Å². The van der Waals surface area contributed by atoms with Crippen LogP contribution in [0.5, 0.6) is 0 Å². The molecule has 2 aliphatic heterocycles. The molecule has 2 N–H and O–H groups in total. The van der Waals surface area contributed by atoms with Gasteiger partial charge in [0.2, 0.25) is 0 Å². The molecular formula is C21H29N5. The van der Waals surface area contributed by atoms with Gasteiger partial charge in [0.25, 0.3) is 0 Å². The fourth-order valence-electron chi connectivity index (χ4n) is 4.05. The van der Waals surface area contributed by atoms with Crippen LogP contribution in [0.2, 0.25) is 0 Å². The van der Waals surface area contributed by atoms with Gasteiger partial charge in [-0.1, -0.05) is 24.3 Å². The summed E-state index contributed by atoms with van der Waals surface area (Å²) in [4.78, 5) is 9.48. The van der Waals surface area contributed by atoms with Crippen LogP contribution in [-0.2, 0) is 0 Å². The SMILES string of the molecule is Cc1ccc(C2NNCC2CN2CCN(c3ccccn3)CC2)cc1C. The van der Waals surface area contributed by atoms with Crippen molar-refractivity contribution in [1.82, 2.24) is 20.7 Å². The van der Waals surface area contributed by atoms with E-state index in [0.29, 0.717) is 12.0 Å². The fourth-order valence-corrected chi connectivity index (χ4v) is 4.05. The number of aryl methyl sites for hydroxylation is 2. The number of piperazine rings is 1. The number of hydrogen-bond donors (Lipinski definition) is 2. The van der Waals surface area contributed by atoms with Crippen molar-refractivity contribution in [3.63, 3.8) is 0 Å². The molecule has 26 heavy (non-hydrogen) atoms. The lowest BCUT2D eigenvalue weighted by atomic mass is 9.92. The maximum atomic E-state index is 4.49. The third-order valence-electron chi connectivity index (χ3n) is 5.82. The van der Waals surface area contributed by atoms with E-state index in [1.807, 2.05) is 12.3 Å². The van der Waals surface area contributed by atoms with Crippen LogP contribution >= 0.6 is 0 Å². The summed E-state index contributed by atoms with van der Waals surface area (Å²) in [7, 11) is 0. The summed E-state index contributed by atoms with van der Waals surface area (Å²) in [6.45, 7) is 10.9. The summed E-state index contributed by atoms with van der Waals surface area (Å²) in [5, 5.41) is 0. The van der Waals surface area contributed by atoms with Gasteiger partial charge < -0.3 is 4.90 Å². The molecule has 2 fully saturated rings. The van der Waals surface area contributed by atoms with Crippen molar-refractivity contribution >= 4 is 5.82 Å². The van der Waals surface area contributed by atoms with Gasteiger partial charge in [-0.05, 0) is 42.7 Å². The second-order valence-corrected chi connectivity index (χ2v) is 7.58. The number of rotatable bonds is 4. The van der Waals surface area contributed by atoms with E-state index in [0.717, 1.165) is 45.1 Å². The quantitative estimate of drug-likeness (QED) is 0.885. The molecular weight excluding hydrogens is 322 g/mol. The molecule has 2 atom stereocenters. The van der Waals surface area contributed by atoms with Crippen molar-refractivity contribution in [3.05, 3.63) is 59.3 Å². The topological polar surface area (TPSA) is 43.4 Å². The molecule has 1 aromatic carbocycles. The number of hydrogen-bond acceptors (Lipinski definition) is 5. The molecule has 1 aromatic heterocycles. The van der Waals surface area contributed by atoms with Crippen LogP contribution in [0, 0.1) is 19.8 Å². The number of benzene rings is 1. The minimum absolute atomic E-state index is 0.392. The minimum Gasteiger partial charge on any atom is -0.354 e. The molecule has 0 radical (unpaired) electrons. The first-order valence-electron chi connectivity index (χ1n) is 9.64. The predicted molar refractivity (Wildman–Crippen MR) is 106 cm³/mol. The first-order valence-corrected chi connectivity index (χ1v) is 9.64. The molecule has 4 rings (SSSR count). The van der Waals surface area contributed by atoms with E-state index in [9.17, 15) is 0 Å². The summed E-state index contributed by atoms with van der Waals surface area (Å²) in [5.41, 5.74) is 11.0. The Labute approximate surface area is 156 Å². The fraction of sp³-hybridized carbons (Fsp3) is 0.476. The van der Waals surface area contributed by atoms with Gasteiger partial charge in [-0.2, -0.15) is 0 Å². The Bertz CT molecular complexity index is 724. The van der Waals surface area contributed by atoms with Crippen LogP contribution in [0.4, 0.5) is 5.82 Å². The zero-order chi connectivity index (χ0) is 17.9. The van der Waals surface area contributed by atoms with Gasteiger partial charge >= 0.3 is 0 Å². The third-order valence-corrected chi connectivity index (χ3v) is 5.82. The minimum atomic E-state index is 0.392. The van der Waals surface area contributed by atoms with E-state index in [1.54, 1.807) is 0 Å². The summed E-state index contributed by atoms with van der Waals surface area (Å²) in [6.07, 6.45) is 1.88. The molecule has 5 nitrogen and oxygen atoms in total. The third kappa shape index (κ3) is 3.75. The van der Waals surface area contributed by atoms with Gasteiger partial charge in [0.1, 0.15) is 5.82 Å². The Kier molecular flexibility index (Phi) is 5.20. The van der Waals surface area contributed by atoms with Gasteiger partial charge in [-0.3, -0.25) is 10.3 Å². The molecule has 3 heterocycles. The number of pyridine rings is 1. The van der Waals surface area contributed by atoms with E-state index in [4.69, 9.17) is 0 Å². The normalized spacial score (nSPS) is 24.2. The molecule has 2 saturated heterocycles. The zero-order valence-electron chi connectivity index (χ0n) is 15.8. The summed E-state index contributed by atoms with van der Waals surface area (Å²) < 4.78 is 0. The number of nitrogens with zero attached hydrogens (tertiary/aromatic N) is 3. The Hall–Kier alpha value is -1.95. The summed E-state index contributed by atoms with van der Waals surface area (Å²) in [5.74, 6) is 1.70. The second kappa shape index (κ2) is 7.74. The Morgan fingerprint density at radius 1 is 1.04 bits per heavy atom. The molecule has 0 bridgehead atoms. The van der Waals surface area contributed by atoms with E-state index >= 15 is 0 Å². The average molecular weight is 351 g/mol. The van der Waals surface area contributed by atoms with E-state index in [2.05, 4.69) is 69.8 Å². The van der Waals surface area contributed by atoms with E-state index < -0.39 is 0 Å². The van der Waals surface area contributed by atoms with Crippen LogP contribution in [-0.4, -0.2) is 49.2 Å². The van der Waals surface area contributed by atoms with Crippen molar-refractivity contribution in [3.8, 4) is 0 Å². The first kappa shape index (κ1) is 17.5. The number of aromatic nitrogens is 1. The second-order valence-electron chi connectivity index (χ2n) is 7.58. The van der Waals surface area contributed by atoms with Gasteiger partial charge in [-0.25, -0.2) is 10.4 Å². The van der Waals surface area contributed by atoms with Crippen LogP contribution in [0.3, 0.4) is 0 Å². The average Bonchev–Trinajstić information content (AvgIpc) is 3.13.